The second-order valence-electron chi connectivity index (χ2n) is 26.9. The van der Waals surface area contributed by atoms with E-state index in [1.807, 2.05) is 89.2 Å². The van der Waals surface area contributed by atoms with E-state index in [0.29, 0.717) is 45.1 Å². The molecule has 6 fully saturated rings. The number of carbonyl (C=O) groups is 4. The van der Waals surface area contributed by atoms with Gasteiger partial charge in [0.1, 0.15) is 34.1 Å². The highest BCUT2D eigenvalue weighted by Gasteiger charge is 2.38. The SMILES string of the molecule is COc1ccc2cccnc2c1N1CCCN(C(CC(=O)NCCN2CCCC2)C2CCN(C(=O)OC(C)(C)C)CC2)CC1.COc1ccc2cccnc2c1N1CCCN(C(CC(=O)O)C2CCN(C(=O)OC(C)(C)C)CC2)CC1.NCCN1CCCC1. The van der Waals surface area contributed by atoms with Gasteiger partial charge < -0.3 is 64.5 Å². The van der Waals surface area contributed by atoms with Crippen LogP contribution in [-0.2, 0) is 19.1 Å². The fraction of sp³-hybridized carbons (Fsp3) is 0.676. The Morgan fingerprint density at radius 2 is 0.978 bits per heavy atom. The van der Waals surface area contributed by atoms with Crippen LogP contribution < -0.4 is 30.3 Å². The Balaban J connectivity index is 0.000000206. The number of nitrogens with zero attached hydrogens (tertiary/aromatic N) is 10. The van der Waals surface area contributed by atoms with Crippen LogP contribution in [0.3, 0.4) is 0 Å². The van der Waals surface area contributed by atoms with Gasteiger partial charge in [-0.15, -0.1) is 0 Å². The fourth-order valence-corrected chi connectivity index (χ4v) is 13.9. The van der Waals surface area contributed by atoms with Crippen molar-refractivity contribution in [2.45, 2.75) is 142 Å². The number of hydrogen-bond donors (Lipinski definition) is 3. The molecule has 0 aliphatic carbocycles. The van der Waals surface area contributed by atoms with Crippen molar-refractivity contribution in [3.8, 4) is 11.5 Å². The van der Waals surface area contributed by atoms with Crippen molar-refractivity contribution in [3.05, 3.63) is 60.9 Å². The first-order valence-corrected chi connectivity index (χ1v) is 33.2. The number of pyridine rings is 2. The minimum absolute atomic E-state index is 0.0641. The molecule has 0 saturated carbocycles. The smallest absolute Gasteiger partial charge is 0.410 e. The molecular weight excluding hydrogens is 1130 g/mol. The number of ether oxygens (including phenoxy) is 4. The van der Waals surface area contributed by atoms with Crippen LogP contribution in [0.15, 0.2) is 60.9 Å². The van der Waals surface area contributed by atoms with E-state index in [4.69, 9.17) is 29.7 Å². The van der Waals surface area contributed by atoms with Crippen molar-refractivity contribution in [1.29, 1.82) is 0 Å². The van der Waals surface area contributed by atoms with Crippen molar-refractivity contribution in [2.24, 2.45) is 17.6 Å². The summed E-state index contributed by atoms with van der Waals surface area (Å²) < 4.78 is 22.7. The van der Waals surface area contributed by atoms with Gasteiger partial charge in [-0.05, 0) is 180 Å². The molecule has 10 rings (SSSR count). The molecule has 8 heterocycles. The Morgan fingerprint density at radius 1 is 0.551 bits per heavy atom. The van der Waals surface area contributed by atoms with Gasteiger partial charge in [-0.25, -0.2) is 9.59 Å². The van der Waals surface area contributed by atoms with Gasteiger partial charge in [0.2, 0.25) is 5.91 Å². The summed E-state index contributed by atoms with van der Waals surface area (Å²) in [5, 5.41) is 15.2. The normalized spacial score (nSPS) is 19.7. The molecule has 2 aromatic heterocycles. The van der Waals surface area contributed by atoms with Crippen LogP contribution in [0.25, 0.3) is 21.8 Å². The predicted molar refractivity (Wildman–Crippen MR) is 352 cm³/mol. The Kier molecular flexibility index (Phi) is 25.6. The second-order valence-corrected chi connectivity index (χ2v) is 26.9. The molecule has 492 valence electrons. The molecule has 2 aromatic carbocycles. The first kappa shape index (κ1) is 68.6. The number of piperidine rings is 2. The molecule has 89 heavy (non-hydrogen) atoms. The zero-order chi connectivity index (χ0) is 63.5. The summed E-state index contributed by atoms with van der Waals surface area (Å²) in [5.74, 6) is 1.54. The Hall–Kier alpha value is -6.26. The van der Waals surface area contributed by atoms with Gasteiger partial charge in [-0.1, -0.05) is 12.1 Å². The molecular formula is C68H106N12O9. The molecule has 2 unspecified atom stereocenters. The summed E-state index contributed by atoms with van der Waals surface area (Å²) in [4.78, 5) is 78.0. The molecule has 2 atom stereocenters. The minimum Gasteiger partial charge on any atom is -0.494 e. The van der Waals surface area contributed by atoms with Gasteiger partial charge in [-0.2, -0.15) is 0 Å². The number of hydrogen-bond acceptors (Lipinski definition) is 17. The van der Waals surface area contributed by atoms with Gasteiger partial charge in [0.05, 0.1) is 31.7 Å². The molecule has 0 spiro atoms. The van der Waals surface area contributed by atoms with Crippen LogP contribution in [0.5, 0.6) is 11.5 Å². The summed E-state index contributed by atoms with van der Waals surface area (Å²) in [6.07, 6.45) is 14.2. The first-order valence-electron chi connectivity index (χ1n) is 33.2. The van der Waals surface area contributed by atoms with E-state index < -0.39 is 17.2 Å². The molecule has 21 nitrogen and oxygen atoms in total. The number of methoxy groups -OCH3 is 2. The third kappa shape index (κ3) is 20.1. The molecule has 6 aliphatic heterocycles. The summed E-state index contributed by atoms with van der Waals surface area (Å²) >= 11 is 0. The number of benzene rings is 2. The van der Waals surface area contributed by atoms with Crippen molar-refractivity contribution < 1.29 is 43.2 Å². The average Bonchev–Trinajstić information content (AvgIpc) is 4.17. The number of fused-ring (bicyclic) bond motifs is 2. The van der Waals surface area contributed by atoms with Crippen molar-refractivity contribution in [1.82, 2.24) is 44.7 Å². The third-order valence-corrected chi connectivity index (χ3v) is 18.3. The fourth-order valence-electron chi connectivity index (χ4n) is 13.9. The Bertz CT molecular complexity index is 2880. The first-order chi connectivity index (χ1) is 42.8. The van der Waals surface area contributed by atoms with Crippen molar-refractivity contribution in [3.63, 3.8) is 0 Å². The summed E-state index contributed by atoms with van der Waals surface area (Å²) in [7, 11) is 3.41. The number of carbonyl (C=O) groups excluding carboxylic acids is 3. The number of carboxylic acid groups (broad SMARTS) is 1. The zero-order valence-corrected chi connectivity index (χ0v) is 55.0. The summed E-state index contributed by atoms with van der Waals surface area (Å²) in [6, 6.07) is 16.2. The standard InChI is InChI=1S/C34H52N6O4.C28H40N4O5.C6H14N2/c1-34(2,3)44-33(42)40-20-12-26(13-21-40)28(25-30(41)35-15-22-37-16-5-6-17-37)38-18-8-19-39(24-23-38)32-29(43-4)11-10-27-9-7-14-36-31(27)32;1-28(2,3)37-27(35)32-15-10-20(11-16-32)22(19-24(33)34)30-13-6-14-31(18-17-30)26-23(36-4)9-8-21-7-5-12-29-25(21)26;7-3-6-8-4-1-2-5-8/h7,9-11,14,26,28H,5-6,8,12-13,15-25H2,1-4H3,(H,35,41);5,7-9,12,20,22H,6,10-11,13-19H2,1-4H3,(H,33,34);1-7H2. The van der Waals surface area contributed by atoms with E-state index in [1.165, 1.54) is 38.8 Å². The molecule has 6 saturated heterocycles. The highest BCUT2D eigenvalue weighted by molar-refractivity contribution is 5.95. The second kappa shape index (κ2) is 33.2. The molecule has 3 amide bonds. The molecule has 0 bridgehead atoms. The van der Waals surface area contributed by atoms with Gasteiger partial charge >= 0.3 is 18.2 Å². The molecule has 6 aliphatic rings. The average molecular weight is 1240 g/mol. The third-order valence-electron chi connectivity index (χ3n) is 18.3. The number of nitrogens with one attached hydrogen (secondary N) is 1. The number of aromatic nitrogens is 2. The quantitative estimate of drug-likeness (QED) is 0.0902. The van der Waals surface area contributed by atoms with Gasteiger partial charge in [-0.3, -0.25) is 29.4 Å². The van der Waals surface area contributed by atoms with E-state index in [-0.39, 0.29) is 42.5 Å². The number of nitrogens with two attached hydrogens (primary N) is 1. The number of likely N-dealkylation sites (tertiary alicyclic amines) is 4. The maximum atomic E-state index is 13.4. The minimum atomic E-state index is -0.777. The van der Waals surface area contributed by atoms with Crippen LogP contribution in [0.4, 0.5) is 21.0 Å². The maximum Gasteiger partial charge on any atom is 0.410 e. The molecule has 4 aromatic rings. The lowest BCUT2D eigenvalue weighted by atomic mass is 9.86. The largest absolute Gasteiger partial charge is 0.494 e. The monoisotopic (exact) mass is 1230 g/mol. The number of rotatable bonds is 17. The van der Waals surface area contributed by atoms with E-state index in [1.54, 1.807) is 19.1 Å². The number of aliphatic carboxylic acids is 1. The lowest BCUT2D eigenvalue weighted by Crippen LogP contribution is -2.50. The zero-order valence-electron chi connectivity index (χ0n) is 55.0. The van der Waals surface area contributed by atoms with Crippen LogP contribution >= 0.6 is 0 Å². The number of carboxylic acids is 1. The van der Waals surface area contributed by atoms with Gasteiger partial charge in [0, 0.05) is 146 Å². The van der Waals surface area contributed by atoms with Gasteiger partial charge in [0.15, 0.2) is 0 Å². The van der Waals surface area contributed by atoms with E-state index in [0.717, 1.165) is 168 Å². The topological polar surface area (TPSA) is 215 Å². The van der Waals surface area contributed by atoms with Crippen LogP contribution in [-0.4, -0.2) is 237 Å². The number of anilines is 2. The predicted octanol–water partition coefficient (Wildman–Crippen LogP) is 8.66. The van der Waals surface area contributed by atoms with Gasteiger partial charge in [0.25, 0.3) is 0 Å². The van der Waals surface area contributed by atoms with Crippen LogP contribution in [0.2, 0.25) is 0 Å². The maximum absolute atomic E-state index is 13.4. The lowest BCUT2D eigenvalue weighted by Gasteiger charge is -2.41. The molecule has 0 radical (unpaired) electrons. The summed E-state index contributed by atoms with van der Waals surface area (Å²) in [5.41, 5.74) is 8.27. The number of amides is 3. The van der Waals surface area contributed by atoms with E-state index in [9.17, 15) is 24.3 Å². The Morgan fingerprint density at radius 3 is 1.38 bits per heavy atom. The highest BCUT2D eigenvalue weighted by atomic mass is 16.6. The van der Waals surface area contributed by atoms with E-state index >= 15 is 0 Å². The van der Waals surface area contributed by atoms with Crippen molar-refractivity contribution in [2.75, 3.05) is 155 Å². The summed E-state index contributed by atoms with van der Waals surface area (Å²) in [6.45, 7) is 28.9. The molecule has 4 N–H and O–H groups in total. The Labute approximate surface area is 529 Å². The van der Waals surface area contributed by atoms with E-state index in [2.05, 4.69) is 57.9 Å². The highest BCUT2D eigenvalue weighted by Crippen LogP contribution is 2.39. The molecule has 21 heteroatoms. The van der Waals surface area contributed by atoms with Crippen LogP contribution in [0.1, 0.15) is 119 Å². The van der Waals surface area contributed by atoms with Crippen LogP contribution in [0, 0.1) is 11.8 Å². The van der Waals surface area contributed by atoms with Crippen molar-refractivity contribution >= 4 is 57.2 Å². The lowest BCUT2D eigenvalue weighted by molar-refractivity contribution is -0.139.